The van der Waals surface area contributed by atoms with E-state index in [4.69, 9.17) is 10.00 Å². The minimum Gasteiger partial charge on any atom is -0.497 e. The van der Waals surface area contributed by atoms with E-state index < -0.39 is 0 Å². The highest BCUT2D eigenvalue weighted by molar-refractivity contribution is 9.10. The van der Waals surface area contributed by atoms with Gasteiger partial charge >= 0.3 is 0 Å². The lowest BCUT2D eigenvalue weighted by molar-refractivity contribution is 0.415. The zero-order valence-corrected chi connectivity index (χ0v) is 12.3. The first kappa shape index (κ1) is 13.4. The average Bonchev–Trinajstić information content (AvgIpc) is 2.40. The number of anilines is 2. The summed E-state index contributed by atoms with van der Waals surface area (Å²) >= 11 is 3.44. The molecule has 2 aromatic rings. The Morgan fingerprint density at radius 3 is 2.74 bits per heavy atom. The van der Waals surface area contributed by atoms with Gasteiger partial charge in [-0.05, 0) is 30.7 Å². The molecule has 2 aromatic carbocycles. The maximum Gasteiger partial charge on any atom is 0.122 e. The standard InChI is InChI=1S/C15H13BrN2O/c1-10-4-3-5-11(9-17)15(10)18-13-6-12(16)7-14(8-13)19-2/h3-8,18H,1-2H3. The second-order valence-electron chi connectivity index (χ2n) is 4.11. The van der Waals surface area contributed by atoms with Crippen molar-refractivity contribution in [3.05, 3.63) is 52.0 Å². The van der Waals surface area contributed by atoms with E-state index in [1.807, 2.05) is 37.3 Å². The molecule has 0 heterocycles. The van der Waals surface area contributed by atoms with Crippen LogP contribution in [0.3, 0.4) is 0 Å². The summed E-state index contributed by atoms with van der Waals surface area (Å²) in [5, 5.41) is 12.4. The first-order valence-electron chi connectivity index (χ1n) is 5.75. The Bertz CT molecular complexity index is 647. The Morgan fingerprint density at radius 2 is 2.05 bits per heavy atom. The Morgan fingerprint density at radius 1 is 1.26 bits per heavy atom. The molecule has 0 aromatic heterocycles. The van der Waals surface area contributed by atoms with Gasteiger partial charge in [-0.1, -0.05) is 28.1 Å². The van der Waals surface area contributed by atoms with E-state index in [0.29, 0.717) is 5.56 Å². The summed E-state index contributed by atoms with van der Waals surface area (Å²) in [4.78, 5) is 0. The molecule has 0 unspecified atom stereocenters. The summed E-state index contributed by atoms with van der Waals surface area (Å²) in [5.41, 5.74) is 3.35. The number of para-hydroxylation sites is 1. The molecule has 0 bridgehead atoms. The Hall–Kier alpha value is -1.99. The number of benzene rings is 2. The van der Waals surface area contributed by atoms with Gasteiger partial charge in [0.1, 0.15) is 11.8 Å². The van der Waals surface area contributed by atoms with Crippen LogP contribution in [-0.2, 0) is 0 Å². The largest absolute Gasteiger partial charge is 0.497 e. The van der Waals surface area contributed by atoms with Crippen molar-refractivity contribution in [2.45, 2.75) is 6.92 Å². The fourth-order valence-electron chi connectivity index (χ4n) is 1.82. The zero-order chi connectivity index (χ0) is 13.8. The normalized spacial score (nSPS) is 9.79. The fraction of sp³-hybridized carbons (Fsp3) is 0.133. The molecule has 96 valence electrons. The summed E-state index contributed by atoms with van der Waals surface area (Å²) in [6.07, 6.45) is 0. The van der Waals surface area contributed by atoms with Gasteiger partial charge in [-0.3, -0.25) is 0 Å². The third kappa shape index (κ3) is 3.07. The van der Waals surface area contributed by atoms with E-state index in [2.05, 4.69) is 27.3 Å². The number of nitriles is 1. The predicted octanol–water partition coefficient (Wildman–Crippen LogP) is 4.38. The first-order chi connectivity index (χ1) is 9.13. The molecule has 0 aliphatic carbocycles. The lowest BCUT2D eigenvalue weighted by atomic mass is 10.1. The van der Waals surface area contributed by atoms with Gasteiger partial charge in [-0.15, -0.1) is 0 Å². The highest BCUT2D eigenvalue weighted by Crippen LogP contribution is 2.29. The molecular formula is C15H13BrN2O. The molecule has 0 spiro atoms. The number of ether oxygens (including phenoxy) is 1. The van der Waals surface area contributed by atoms with Crippen molar-refractivity contribution in [1.29, 1.82) is 5.26 Å². The number of aryl methyl sites for hydroxylation is 1. The Balaban J connectivity index is 2.42. The smallest absolute Gasteiger partial charge is 0.122 e. The van der Waals surface area contributed by atoms with Crippen LogP contribution in [0.15, 0.2) is 40.9 Å². The van der Waals surface area contributed by atoms with Gasteiger partial charge in [0.25, 0.3) is 0 Å². The number of halogens is 1. The topological polar surface area (TPSA) is 45.0 Å². The molecule has 0 aliphatic heterocycles. The summed E-state index contributed by atoms with van der Waals surface area (Å²) in [6, 6.07) is 13.5. The van der Waals surface area contributed by atoms with Crippen LogP contribution in [0.5, 0.6) is 5.75 Å². The second-order valence-corrected chi connectivity index (χ2v) is 5.03. The van der Waals surface area contributed by atoms with E-state index in [-0.39, 0.29) is 0 Å². The van der Waals surface area contributed by atoms with Crippen molar-refractivity contribution in [2.75, 3.05) is 12.4 Å². The van der Waals surface area contributed by atoms with Crippen LogP contribution < -0.4 is 10.1 Å². The number of hydrogen-bond acceptors (Lipinski definition) is 3. The summed E-state index contributed by atoms with van der Waals surface area (Å²) in [5.74, 6) is 0.754. The number of nitrogens with one attached hydrogen (secondary N) is 1. The fourth-order valence-corrected chi connectivity index (χ4v) is 2.30. The Labute approximate surface area is 121 Å². The van der Waals surface area contributed by atoms with Crippen molar-refractivity contribution < 1.29 is 4.74 Å². The molecule has 2 rings (SSSR count). The van der Waals surface area contributed by atoms with Crippen LogP contribution in [0.25, 0.3) is 0 Å². The highest BCUT2D eigenvalue weighted by Gasteiger charge is 2.07. The van der Waals surface area contributed by atoms with Gasteiger partial charge in [-0.2, -0.15) is 5.26 Å². The van der Waals surface area contributed by atoms with E-state index in [9.17, 15) is 0 Å². The maximum atomic E-state index is 9.15. The van der Waals surface area contributed by atoms with Crippen LogP contribution in [0.1, 0.15) is 11.1 Å². The van der Waals surface area contributed by atoms with E-state index >= 15 is 0 Å². The van der Waals surface area contributed by atoms with Crippen molar-refractivity contribution >= 4 is 27.3 Å². The summed E-state index contributed by atoms with van der Waals surface area (Å²) in [7, 11) is 1.63. The zero-order valence-electron chi connectivity index (χ0n) is 10.7. The minimum absolute atomic E-state index is 0.624. The predicted molar refractivity (Wildman–Crippen MR) is 79.9 cm³/mol. The van der Waals surface area contributed by atoms with Gasteiger partial charge in [-0.25, -0.2) is 0 Å². The summed E-state index contributed by atoms with van der Waals surface area (Å²) in [6.45, 7) is 1.97. The second kappa shape index (κ2) is 5.77. The number of methoxy groups -OCH3 is 1. The summed E-state index contributed by atoms with van der Waals surface area (Å²) < 4.78 is 6.14. The molecule has 4 heteroatoms. The van der Waals surface area contributed by atoms with Crippen molar-refractivity contribution in [1.82, 2.24) is 0 Å². The highest BCUT2D eigenvalue weighted by atomic mass is 79.9. The van der Waals surface area contributed by atoms with Crippen molar-refractivity contribution in [3.63, 3.8) is 0 Å². The van der Waals surface area contributed by atoms with Gasteiger partial charge < -0.3 is 10.1 Å². The molecule has 0 fully saturated rings. The number of nitrogens with zero attached hydrogens (tertiary/aromatic N) is 1. The van der Waals surface area contributed by atoms with Gasteiger partial charge in [0.05, 0.1) is 18.4 Å². The van der Waals surface area contributed by atoms with Crippen LogP contribution in [-0.4, -0.2) is 7.11 Å². The molecular weight excluding hydrogens is 304 g/mol. The molecule has 1 N–H and O–H groups in total. The monoisotopic (exact) mass is 316 g/mol. The van der Waals surface area contributed by atoms with Gasteiger partial charge in [0.15, 0.2) is 0 Å². The van der Waals surface area contributed by atoms with E-state index in [1.165, 1.54) is 0 Å². The molecule has 0 saturated heterocycles. The molecule has 0 aliphatic rings. The third-order valence-corrected chi connectivity index (χ3v) is 3.23. The quantitative estimate of drug-likeness (QED) is 0.913. The lowest BCUT2D eigenvalue weighted by Crippen LogP contribution is -1.97. The number of rotatable bonds is 3. The molecule has 0 saturated carbocycles. The SMILES string of the molecule is COc1cc(Br)cc(Nc2c(C)cccc2C#N)c1. The number of hydrogen-bond donors (Lipinski definition) is 1. The van der Waals surface area contributed by atoms with Crippen LogP contribution in [0.2, 0.25) is 0 Å². The van der Waals surface area contributed by atoms with E-state index in [1.54, 1.807) is 13.2 Å². The Kier molecular flexibility index (Phi) is 4.08. The maximum absolute atomic E-state index is 9.15. The first-order valence-corrected chi connectivity index (χ1v) is 6.54. The van der Waals surface area contributed by atoms with Crippen LogP contribution >= 0.6 is 15.9 Å². The van der Waals surface area contributed by atoms with Crippen molar-refractivity contribution in [2.24, 2.45) is 0 Å². The van der Waals surface area contributed by atoms with Crippen molar-refractivity contribution in [3.8, 4) is 11.8 Å². The molecule has 0 radical (unpaired) electrons. The molecule has 0 atom stereocenters. The van der Waals surface area contributed by atoms with Crippen LogP contribution in [0.4, 0.5) is 11.4 Å². The van der Waals surface area contributed by atoms with Gasteiger partial charge in [0, 0.05) is 16.2 Å². The third-order valence-electron chi connectivity index (χ3n) is 2.77. The molecule has 19 heavy (non-hydrogen) atoms. The van der Waals surface area contributed by atoms with Gasteiger partial charge in [0.2, 0.25) is 0 Å². The molecule has 3 nitrogen and oxygen atoms in total. The van der Waals surface area contributed by atoms with Crippen LogP contribution in [0, 0.1) is 18.3 Å². The molecule has 0 amide bonds. The van der Waals surface area contributed by atoms with E-state index in [0.717, 1.165) is 27.2 Å². The minimum atomic E-state index is 0.624. The lowest BCUT2D eigenvalue weighted by Gasteiger charge is -2.12. The average molecular weight is 317 g/mol.